The number of aromatic nitrogens is 3. The van der Waals surface area contributed by atoms with Gasteiger partial charge in [-0.05, 0) is 36.8 Å². The molecular formula is C21H17ClFN5O3. The van der Waals surface area contributed by atoms with Crippen LogP contribution in [0.15, 0.2) is 42.7 Å². The SMILES string of the molecule is Cc1ccc(-c2nc(C(=O)NC3COc4cccnc4N(C)C3=O)ncc2Cl)c(F)c1. The zero-order valence-corrected chi connectivity index (χ0v) is 17.4. The fourth-order valence-electron chi connectivity index (χ4n) is 3.13. The Morgan fingerprint density at radius 2 is 2.13 bits per heavy atom. The summed E-state index contributed by atoms with van der Waals surface area (Å²) in [5.74, 6) is -1.13. The molecular weight excluding hydrogens is 425 g/mol. The molecule has 1 aliphatic rings. The van der Waals surface area contributed by atoms with Gasteiger partial charge in [-0.25, -0.2) is 19.3 Å². The lowest BCUT2D eigenvalue weighted by Crippen LogP contribution is -2.49. The molecule has 0 radical (unpaired) electrons. The zero-order valence-electron chi connectivity index (χ0n) is 16.6. The number of nitrogens with zero attached hydrogens (tertiary/aromatic N) is 4. The van der Waals surface area contributed by atoms with Crippen molar-refractivity contribution in [2.24, 2.45) is 0 Å². The molecule has 0 bridgehead atoms. The second-order valence-corrected chi connectivity index (χ2v) is 7.34. The minimum absolute atomic E-state index is 0.0801. The summed E-state index contributed by atoms with van der Waals surface area (Å²) < 4.78 is 20.0. The van der Waals surface area contributed by atoms with E-state index in [9.17, 15) is 14.0 Å². The molecule has 0 fully saturated rings. The van der Waals surface area contributed by atoms with Crippen molar-refractivity contribution < 1.29 is 18.7 Å². The second kappa shape index (κ2) is 8.27. The van der Waals surface area contributed by atoms with Crippen molar-refractivity contribution in [3.8, 4) is 17.0 Å². The molecule has 10 heteroatoms. The van der Waals surface area contributed by atoms with E-state index in [1.807, 2.05) is 0 Å². The quantitative estimate of drug-likeness (QED) is 0.671. The summed E-state index contributed by atoms with van der Waals surface area (Å²) in [5.41, 5.74) is 0.953. The number of ether oxygens (including phenoxy) is 1. The van der Waals surface area contributed by atoms with Crippen molar-refractivity contribution in [1.82, 2.24) is 20.3 Å². The van der Waals surface area contributed by atoms with E-state index in [1.165, 1.54) is 29.4 Å². The molecule has 3 aromatic rings. The number of aryl methyl sites for hydroxylation is 1. The molecule has 1 N–H and O–H groups in total. The summed E-state index contributed by atoms with van der Waals surface area (Å²) in [7, 11) is 1.54. The Labute approximate surface area is 182 Å². The van der Waals surface area contributed by atoms with Gasteiger partial charge in [0.25, 0.3) is 11.8 Å². The number of nitrogens with one attached hydrogen (secondary N) is 1. The molecule has 0 spiro atoms. The third kappa shape index (κ3) is 4.04. The molecule has 1 aromatic carbocycles. The smallest absolute Gasteiger partial charge is 0.289 e. The highest BCUT2D eigenvalue weighted by atomic mass is 35.5. The van der Waals surface area contributed by atoms with Gasteiger partial charge in [0.15, 0.2) is 11.6 Å². The van der Waals surface area contributed by atoms with E-state index >= 15 is 0 Å². The molecule has 2 aromatic heterocycles. The highest BCUT2D eigenvalue weighted by molar-refractivity contribution is 6.33. The van der Waals surface area contributed by atoms with Gasteiger partial charge in [-0.3, -0.25) is 14.5 Å². The minimum atomic E-state index is -0.995. The Morgan fingerprint density at radius 1 is 1.32 bits per heavy atom. The largest absolute Gasteiger partial charge is 0.487 e. The molecule has 8 nitrogen and oxygen atoms in total. The van der Waals surface area contributed by atoms with Crippen LogP contribution in [0.5, 0.6) is 5.75 Å². The van der Waals surface area contributed by atoms with E-state index in [0.717, 1.165) is 5.56 Å². The van der Waals surface area contributed by atoms with Gasteiger partial charge in [0, 0.05) is 18.8 Å². The molecule has 158 valence electrons. The lowest BCUT2D eigenvalue weighted by atomic mass is 10.1. The number of likely N-dealkylation sites (N-methyl/N-ethyl adjacent to an activating group) is 1. The summed E-state index contributed by atoms with van der Waals surface area (Å²) in [5, 5.41) is 2.66. The number of carbonyl (C=O) groups is 2. The average molecular weight is 442 g/mol. The molecule has 1 aliphatic heterocycles. The number of benzene rings is 1. The van der Waals surface area contributed by atoms with E-state index in [1.54, 1.807) is 32.2 Å². The van der Waals surface area contributed by atoms with Crippen molar-refractivity contribution in [2.45, 2.75) is 13.0 Å². The van der Waals surface area contributed by atoms with Crippen LogP contribution >= 0.6 is 11.6 Å². The normalized spacial score (nSPS) is 15.7. The van der Waals surface area contributed by atoms with E-state index in [0.29, 0.717) is 11.6 Å². The van der Waals surface area contributed by atoms with Crippen molar-refractivity contribution in [3.63, 3.8) is 0 Å². The van der Waals surface area contributed by atoms with Crippen LogP contribution in [0, 0.1) is 12.7 Å². The first-order valence-electron chi connectivity index (χ1n) is 9.30. The van der Waals surface area contributed by atoms with E-state index in [-0.39, 0.29) is 28.7 Å². The lowest BCUT2D eigenvalue weighted by Gasteiger charge is -2.19. The maximum atomic E-state index is 14.4. The fourth-order valence-corrected chi connectivity index (χ4v) is 3.33. The van der Waals surface area contributed by atoms with Crippen molar-refractivity contribution in [1.29, 1.82) is 0 Å². The predicted octanol–water partition coefficient (Wildman–Crippen LogP) is 2.79. The maximum Gasteiger partial charge on any atom is 0.289 e. The molecule has 4 rings (SSSR count). The van der Waals surface area contributed by atoms with Crippen LogP contribution in [0.25, 0.3) is 11.3 Å². The monoisotopic (exact) mass is 441 g/mol. The topological polar surface area (TPSA) is 97.3 Å². The molecule has 0 saturated carbocycles. The van der Waals surface area contributed by atoms with Gasteiger partial charge < -0.3 is 10.1 Å². The van der Waals surface area contributed by atoms with Gasteiger partial charge in [-0.1, -0.05) is 17.7 Å². The Hall–Kier alpha value is -3.59. The first-order chi connectivity index (χ1) is 14.8. The number of hydrogen-bond donors (Lipinski definition) is 1. The average Bonchev–Trinajstić information content (AvgIpc) is 2.87. The summed E-state index contributed by atoms with van der Waals surface area (Å²) in [4.78, 5) is 39.1. The number of halogens is 2. The zero-order chi connectivity index (χ0) is 22.1. The van der Waals surface area contributed by atoms with Crippen molar-refractivity contribution in [3.05, 3.63) is 65.0 Å². The molecule has 1 atom stereocenters. The number of anilines is 1. The molecule has 0 aliphatic carbocycles. The molecule has 0 saturated heterocycles. The number of carbonyl (C=O) groups excluding carboxylic acids is 2. The highest BCUT2D eigenvalue weighted by Gasteiger charge is 2.32. The van der Waals surface area contributed by atoms with Crippen LogP contribution in [0.4, 0.5) is 10.2 Å². The van der Waals surface area contributed by atoms with Crippen molar-refractivity contribution in [2.75, 3.05) is 18.6 Å². The van der Waals surface area contributed by atoms with Gasteiger partial charge in [-0.15, -0.1) is 0 Å². The van der Waals surface area contributed by atoms with Crippen molar-refractivity contribution >= 4 is 29.2 Å². The molecule has 3 heterocycles. The number of hydrogen-bond acceptors (Lipinski definition) is 6. The first kappa shape index (κ1) is 20.7. The highest BCUT2D eigenvalue weighted by Crippen LogP contribution is 2.29. The summed E-state index contributed by atoms with van der Waals surface area (Å²) in [6.07, 6.45) is 2.76. The van der Waals surface area contributed by atoms with Crippen LogP contribution in [0.3, 0.4) is 0 Å². The van der Waals surface area contributed by atoms with Crippen LogP contribution in [-0.2, 0) is 4.79 Å². The molecule has 31 heavy (non-hydrogen) atoms. The number of pyridine rings is 1. The van der Waals surface area contributed by atoms with Crippen LogP contribution in [0.1, 0.15) is 16.2 Å². The standard InChI is InChI=1S/C21H17ClFN5O3/c1-11-5-6-12(14(23)8-11)17-13(22)9-25-18(27-17)20(29)26-15-10-31-16-4-3-7-24-19(16)28(2)21(15)30/h3-9,15H,10H2,1-2H3,(H,26,29). The van der Waals surface area contributed by atoms with Gasteiger partial charge >= 0.3 is 0 Å². The maximum absolute atomic E-state index is 14.4. The Balaban J connectivity index is 1.59. The van der Waals surface area contributed by atoms with E-state index in [2.05, 4.69) is 20.3 Å². The number of amides is 2. The predicted molar refractivity (Wildman–Crippen MR) is 112 cm³/mol. The number of fused-ring (bicyclic) bond motifs is 1. The van der Waals surface area contributed by atoms with Crippen LogP contribution in [-0.4, -0.2) is 46.5 Å². The van der Waals surface area contributed by atoms with Crippen LogP contribution < -0.4 is 15.0 Å². The summed E-state index contributed by atoms with van der Waals surface area (Å²) >= 11 is 6.14. The Morgan fingerprint density at radius 3 is 2.90 bits per heavy atom. The van der Waals surface area contributed by atoms with E-state index < -0.39 is 23.7 Å². The first-order valence-corrected chi connectivity index (χ1v) is 9.68. The van der Waals surface area contributed by atoms with E-state index in [4.69, 9.17) is 16.3 Å². The van der Waals surface area contributed by atoms with Gasteiger partial charge in [0.1, 0.15) is 18.5 Å². The minimum Gasteiger partial charge on any atom is -0.487 e. The van der Waals surface area contributed by atoms with Gasteiger partial charge in [-0.2, -0.15) is 0 Å². The number of rotatable bonds is 3. The summed E-state index contributed by atoms with van der Waals surface area (Å²) in [6.45, 7) is 1.66. The molecule has 2 amide bonds. The Bertz CT molecular complexity index is 1190. The second-order valence-electron chi connectivity index (χ2n) is 6.93. The third-order valence-corrected chi connectivity index (χ3v) is 5.01. The molecule has 1 unspecified atom stereocenters. The van der Waals surface area contributed by atoms with Gasteiger partial charge in [0.2, 0.25) is 5.82 Å². The van der Waals surface area contributed by atoms with Crippen LogP contribution in [0.2, 0.25) is 5.02 Å². The lowest BCUT2D eigenvalue weighted by molar-refractivity contribution is -0.120. The van der Waals surface area contributed by atoms with Gasteiger partial charge in [0.05, 0.1) is 16.9 Å². The Kier molecular flexibility index (Phi) is 5.51. The third-order valence-electron chi connectivity index (χ3n) is 4.73. The fraction of sp³-hybridized carbons (Fsp3) is 0.190. The summed E-state index contributed by atoms with van der Waals surface area (Å²) in [6, 6.07) is 6.95.